The first kappa shape index (κ1) is 35.7. The van der Waals surface area contributed by atoms with E-state index in [4.69, 9.17) is 0 Å². The topological polar surface area (TPSA) is 8.17 Å². The van der Waals surface area contributed by atoms with Crippen molar-refractivity contribution in [3.05, 3.63) is 216 Å². The van der Waals surface area contributed by atoms with Gasteiger partial charge < -0.3 is 9.47 Å². The summed E-state index contributed by atoms with van der Waals surface area (Å²) in [4.78, 5) is 2.29. The number of anilines is 3. The molecule has 10 aromatic rings. The molecule has 0 atom stereocenters. The minimum Gasteiger partial charge on any atom is -0.310 e. The summed E-state index contributed by atoms with van der Waals surface area (Å²) in [7, 11) is 0. The number of aromatic nitrogens is 1. The minimum absolute atomic E-state index is 0.145. The molecule has 2 nitrogen and oxygen atoms in total. The maximum Gasteiger partial charge on any atom is 0.123 e. The number of rotatable bonds is 5. The van der Waals surface area contributed by atoms with Crippen LogP contribution in [0.25, 0.3) is 71.6 Å². The zero-order valence-electron chi connectivity index (χ0n) is 34.7. The van der Waals surface area contributed by atoms with Crippen molar-refractivity contribution < 1.29 is 4.39 Å². The van der Waals surface area contributed by atoms with E-state index < -0.39 is 0 Å². The predicted octanol–water partition coefficient (Wildman–Crippen LogP) is 15.8. The van der Waals surface area contributed by atoms with Gasteiger partial charge in [0.05, 0.1) is 16.7 Å². The Kier molecular flexibility index (Phi) is 7.54. The van der Waals surface area contributed by atoms with Crippen LogP contribution in [0.1, 0.15) is 49.9 Å². The standard InChI is InChI=1S/C58H43FN2/c1-57(2)50-17-9-7-15-44(50)46-29-26-41(34-52(46)57)60(40-24-22-39(59)23-25-40)42-27-30-47-45-28-20-38(33-51(45)58(3,4)53(47)35-42)37-21-31-56-49(32-37)48-16-8-10-18-55(48)61(56)54-19-11-13-36-12-5-6-14-43(36)54/h5-35H,1-4H3. The van der Waals surface area contributed by atoms with Gasteiger partial charge in [-0.25, -0.2) is 4.39 Å². The lowest BCUT2D eigenvalue weighted by atomic mass is 9.81. The van der Waals surface area contributed by atoms with Crippen LogP contribution >= 0.6 is 0 Å². The van der Waals surface area contributed by atoms with E-state index >= 15 is 0 Å². The third-order valence-electron chi connectivity index (χ3n) is 13.8. The Labute approximate surface area is 355 Å². The number of nitrogens with zero attached hydrogens (tertiary/aromatic N) is 2. The van der Waals surface area contributed by atoms with Crippen LogP contribution in [0.4, 0.5) is 21.5 Å². The largest absolute Gasteiger partial charge is 0.310 e. The van der Waals surface area contributed by atoms with E-state index in [1.165, 1.54) is 93.9 Å². The van der Waals surface area contributed by atoms with E-state index in [1.54, 1.807) is 12.1 Å². The maximum atomic E-state index is 14.4. The first-order valence-electron chi connectivity index (χ1n) is 21.3. The van der Waals surface area contributed by atoms with Crippen molar-refractivity contribution in [3.8, 4) is 39.1 Å². The molecule has 0 spiro atoms. The summed E-state index contributed by atoms with van der Waals surface area (Å²) >= 11 is 0. The molecule has 0 unspecified atom stereocenters. The molecule has 1 aromatic heterocycles. The number of para-hydroxylation sites is 1. The quantitative estimate of drug-likeness (QED) is 0.169. The summed E-state index contributed by atoms with van der Waals surface area (Å²) in [6.07, 6.45) is 0. The average molecular weight is 787 g/mol. The zero-order chi connectivity index (χ0) is 41.2. The van der Waals surface area contributed by atoms with Crippen molar-refractivity contribution >= 4 is 49.6 Å². The summed E-state index contributed by atoms with van der Waals surface area (Å²) in [6.45, 7) is 9.33. The molecule has 292 valence electrons. The van der Waals surface area contributed by atoms with E-state index in [0.717, 1.165) is 17.1 Å². The Morgan fingerprint density at radius 1 is 0.393 bits per heavy atom. The molecule has 0 saturated carbocycles. The molecule has 0 aliphatic heterocycles. The van der Waals surface area contributed by atoms with E-state index in [9.17, 15) is 4.39 Å². The minimum atomic E-state index is -0.263. The summed E-state index contributed by atoms with van der Waals surface area (Å²) in [6, 6.07) is 67.3. The lowest BCUT2D eigenvalue weighted by molar-refractivity contribution is 0.628. The second kappa shape index (κ2) is 12.9. The zero-order valence-corrected chi connectivity index (χ0v) is 34.7. The van der Waals surface area contributed by atoms with Gasteiger partial charge in [-0.3, -0.25) is 0 Å². The molecule has 2 aliphatic rings. The highest BCUT2D eigenvalue weighted by atomic mass is 19.1. The van der Waals surface area contributed by atoms with Gasteiger partial charge in [-0.1, -0.05) is 137 Å². The first-order chi connectivity index (χ1) is 29.7. The van der Waals surface area contributed by atoms with E-state index in [1.807, 2.05) is 12.1 Å². The monoisotopic (exact) mass is 786 g/mol. The van der Waals surface area contributed by atoms with Crippen molar-refractivity contribution in [2.75, 3.05) is 4.90 Å². The molecular formula is C58H43FN2. The molecule has 12 rings (SSSR count). The Balaban J connectivity index is 0.952. The van der Waals surface area contributed by atoms with Gasteiger partial charge >= 0.3 is 0 Å². The third-order valence-corrected chi connectivity index (χ3v) is 13.8. The predicted molar refractivity (Wildman–Crippen MR) is 253 cm³/mol. The Morgan fingerprint density at radius 2 is 0.918 bits per heavy atom. The summed E-state index contributed by atoms with van der Waals surface area (Å²) in [5, 5.41) is 4.96. The first-order valence-corrected chi connectivity index (χ1v) is 21.3. The number of fused-ring (bicyclic) bond motifs is 10. The lowest BCUT2D eigenvalue weighted by Gasteiger charge is -2.29. The molecule has 9 aromatic carbocycles. The van der Waals surface area contributed by atoms with Crippen LogP contribution < -0.4 is 4.90 Å². The fourth-order valence-electron chi connectivity index (χ4n) is 10.7. The Hall–Kier alpha value is -7.23. The molecule has 61 heavy (non-hydrogen) atoms. The lowest BCUT2D eigenvalue weighted by Crippen LogP contribution is -2.18. The van der Waals surface area contributed by atoms with Gasteiger partial charge in [-0.15, -0.1) is 0 Å². The fourth-order valence-corrected chi connectivity index (χ4v) is 10.7. The van der Waals surface area contributed by atoms with Crippen LogP contribution in [0.2, 0.25) is 0 Å². The van der Waals surface area contributed by atoms with Crippen molar-refractivity contribution in [2.45, 2.75) is 38.5 Å². The fraction of sp³-hybridized carbons (Fsp3) is 0.103. The molecule has 0 radical (unpaired) electrons. The van der Waals surface area contributed by atoms with Crippen molar-refractivity contribution in [2.24, 2.45) is 0 Å². The van der Waals surface area contributed by atoms with Gasteiger partial charge in [0, 0.05) is 44.1 Å². The van der Waals surface area contributed by atoms with Crippen LogP contribution in [0.3, 0.4) is 0 Å². The van der Waals surface area contributed by atoms with Crippen LogP contribution in [0.15, 0.2) is 188 Å². The number of benzene rings is 9. The Bertz CT molecular complexity index is 3430. The van der Waals surface area contributed by atoms with E-state index in [2.05, 4.69) is 201 Å². The summed E-state index contributed by atoms with van der Waals surface area (Å²) in [5.74, 6) is -0.245. The maximum absolute atomic E-state index is 14.4. The molecule has 0 saturated heterocycles. The van der Waals surface area contributed by atoms with Gasteiger partial charge in [0.2, 0.25) is 0 Å². The Morgan fingerprint density at radius 3 is 1.67 bits per heavy atom. The number of halogens is 1. The van der Waals surface area contributed by atoms with E-state index in [-0.39, 0.29) is 16.6 Å². The summed E-state index contributed by atoms with van der Waals surface area (Å²) in [5.41, 5.74) is 19.0. The number of hydrogen-bond donors (Lipinski definition) is 0. The van der Waals surface area contributed by atoms with Crippen LogP contribution in [0.5, 0.6) is 0 Å². The van der Waals surface area contributed by atoms with Crippen molar-refractivity contribution in [3.63, 3.8) is 0 Å². The summed E-state index contributed by atoms with van der Waals surface area (Å²) < 4.78 is 16.9. The second-order valence-corrected chi connectivity index (χ2v) is 17.9. The number of hydrogen-bond acceptors (Lipinski definition) is 1. The van der Waals surface area contributed by atoms with Crippen LogP contribution in [-0.2, 0) is 10.8 Å². The molecular weight excluding hydrogens is 744 g/mol. The van der Waals surface area contributed by atoms with Gasteiger partial charge in [0.1, 0.15) is 5.82 Å². The van der Waals surface area contributed by atoms with Crippen LogP contribution in [0, 0.1) is 5.82 Å². The molecule has 1 heterocycles. The van der Waals surface area contributed by atoms with E-state index in [0.29, 0.717) is 0 Å². The average Bonchev–Trinajstić information content (AvgIpc) is 3.83. The normalized spacial score (nSPS) is 14.2. The third kappa shape index (κ3) is 5.20. The smallest absolute Gasteiger partial charge is 0.123 e. The second-order valence-electron chi connectivity index (χ2n) is 17.9. The highest BCUT2D eigenvalue weighted by Crippen LogP contribution is 2.54. The highest BCUT2D eigenvalue weighted by molar-refractivity contribution is 6.11. The van der Waals surface area contributed by atoms with Gasteiger partial charge in [0.25, 0.3) is 0 Å². The van der Waals surface area contributed by atoms with Gasteiger partial charge in [0.15, 0.2) is 0 Å². The molecule has 0 N–H and O–H groups in total. The molecule has 2 aliphatic carbocycles. The van der Waals surface area contributed by atoms with Crippen molar-refractivity contribution in [1.29, 1.82) is 0 Å². The molecule has 3 heteroatoms. The van der Waals surface area contributed by atoms with Crippen molar-refractivity contribution in [1.82, 2.24) is 4.57 Å². The molecule has 0 fully saturated rings. The van der Waals surface area contributed by atoms with Gasteiger partial charge in [-0.05, 0) is 140 Å². The van der Waals surface area contributed by atoms with Crippen LogP contribution in [-0.4, -0.2) is 4.57 Å². The molecule has 0 bridgehead atoms. The SMILES string of the molecule is CC1(C)c2ccccc2-c2ccc(N(c3ccc(F)cc3)c3ccc4c(c3)C(C)(C)c3cc(-c5ccc6c(c5)c5ccccc5n6-c5cccc6ccccc56)ccc3-4)cc21. The molecule has 0 amide bonds. The highest BCUT2D eigenvalue weighted by Gasteiger charge is 2.38. The van der Waals surface area contributed by atoms with Gasteiger partial charge in [-0.2, -0.15) is 0 Å².